The van der Waals surface area contributed by atoms with Crippen molar-refractivity contribution in [2.75, 3.05) is 13.7 Å². The third-order valence-corrected chi connectivity index (χ3v) is 11.9. The molecule has 3 N–H and O–H groups in total. The molecule has 0 spiro atoms. The van der Waals surface area contributed by atoms with E-state index < -0.39 is 22.7 Å². The molecule has 0 amide bonds. The Labute approximate surface area is 198 Å². The molecule has 4 fully saturated rings. The molecule has 4 aliphatic rings. The summed E-state index contributed by atoms with van der Waals surface area (Å²) >= 11 is 0. The van der Waals surface area contributed by atoms with Crippen LogP contribution >= 0.6 is 0 Å². The Balaban J connectivity index is 1.75. The Hall–Kier alpha value is 0.0348. The summed E-state index contributed by atoms with van der Waals surface area (Å²) in [6, 6.07) is 0. The predicted octanol–water partition coefficient (Wildman–Crippen LogP) is 3.05. The highest BCUT2D eigenvalue weighted by Crippen LogP contribution is 2.76. The first-order chi connectivity index (χ1) is 14.9. The molecule has 0 heterocycles. The zero-order chi connectivity index (χ0) is 23.7. The number of rotatable bonds is 5. The number of ether oxygens (including phenoxy) is 1. The summed E-state index contributed by atoms with van der Waals surface area (Å²) < 4.78 is 5.72. The van der Waals surface area contributed by atoms with Crippen LogP contribution in [0.1, 0.15) is 79.1 Å². The summed E-state index contributed by atoms with van der Waals surface area (Å²) in [7, 11) is 16.8. The largest absolute Gasteiger partial charge is 0.393 e. The Morgan fingerprint density at radius 2 is 1.81 bits per heavy atom. The number of hydrogen-bond acceptors (Lipinski definition) is 4. The maximum absolute atomic E-state index is 12.0. The monoisotopic (exact) mass is 439 g/mol. The van der Waals surface area contributed by atoms with Crippen LogP contribution in [0, 0.1) is 34.5 Å². The molecule has 0 saturated heterocycles. The molecule has 0 aromatic carbocycles. The Bertz CT molecular complexity index is 719. The van der Waals surface area contributed by atoms with E-state index in [4.69, 9.17) is 20.3 Å². The van der Waals surface area contributed by atoms with Gasteiger partial charge in [-0.2, -0.15) is 0 Å². The highest BCUT2D eigenvalue weighted by Gasteiger charge is 2.72. The van der Waals surface area contributed by atoms with Crippen LogP contribution in [0.2, 0.25) is 11.1 Å². The molecular formula is C25H42B3O4. The van der Waals surface area contributed by atoms with Crippen molar-refractivity contribution in [3.63, 3.8) is 0 Å². The first-order valence-corrected chi connectivity index (χ1v) is 12.8. The zero-order valence-corrected chi connectivity index (χ0v) is 20.8. The lowest BCUT2D eigenvalue weighted by atomic mass is 9.20. The summed E-state index contributed by atoms with van der Waals surface area (Å²) in [5.74, 6) is 1.18. The molecule has 7 heteroatoms. The van der Waals surface area contributed by atoms with E-state index in [1.54, 1.807) is 14.0 Å². The van der Waals surface area contributed by atoms with Gasteiger partial charge in [0, 0.05) is 20.3 Å². The first-order valence-electron chi connectivity index (χ1n) is 12.8. The molecule has 5 radical (unpaired) electrons. The van der Waals surface area contributed by atoms with Gasteiger partial charge in [-0.05, 0) is 68.1 Å². The zero-order valence-electron chi connectivity index (χ0n) is 20.8. The fourth-order valence-electron chi connectivity index (χ4n) is 9.77. The van der Waals surface area contributed by atoms with Gasteiger partial charge < -0.3 is 20.1 Å². The minimum Gasteiger partial charge on any atom is -0.393 e. The van der Waals surface area contributed by atoms with Gasteiger partial charge in [-0.25, -0.2) is 0 Å². The van der Waals surface area contributed by atoms with Crippen LogP contribution in [0.5, 0.6) is 0 Å². The van der Waals surface area contributed by atoms with E-state index in [-0.39, 0.29) is 35.0 Å². The van der Waals surface area contributed by atoms with Gasteiger partial charge in [0.1, 0.15) is 11.2 Å². The van der Waals surface area contributed by atoms with Crippen LogP contribution < -0.4 is 0 Å². The molecule has 4 rings (SSSR count). The minimum absolute atomic E-state index is 0.0180. The SMILES string of the molecule is [B][B]C12CCC3C(C(O)CC4(C)C3CCC4(O)C(C)(CO)OC)C1(C)CCC(CC)C2[B]. The molecule has 0 aromatic heterocycles. The van der Waals surface area contributed by atoms with Gasteiger partial charge in [0.15, 0.2) is 0 Å². The normalized spacial score (nSPS) is 54.8. The van der Waals surface area contributed by atoms with E-state index in [2.05, 4.69) is 20.8 Å². The number of aliphatic hydroxyl groups is 3. The molecule has 11 unspecified atom stereocenters. The molecule has 175 valence electrons. The van der Waals surface area contributed by atoms with E-state index in [9.17, 15) is 15.3 Å². The van der Waals surface area contributed by atoms with Crippen LogP contribution in [0.15, 0.2) is 0 Å². The third-order valence-electron chi connectivity index (χ3n) is 11.9. The molecule has 4 nitrogen and oxygen atoms in total. The molecule has 0 aromatic rings. The van der Waals surface area contributed by atoms with Crippen LogP contribution in [0.25, 0.3) is 0 Å². The summed E-state index contributed by atoms with van der Waals surface area (Å²) in [4.78, 5) is 0. The fraction of sp³-hybridized carbons (Fsp3) is 1.00. The standard InChI is InChI=1S/C25H42B3O4/c1-6-15-7-10-21(2)19-16(8-11-24(21,28-27)20(15)26)17-9-12-25(31,23(4,14-29)32-5)22(17,3)13-18(19)30/h15-20,29-31H,6-14H2,1-5H3. The van der Waals surface area contributed by atoms with Crippen LogP contribution in [-0.2, 0) is 4.74 Å². The third kappa shape index (κ3) is 2.80. The van der Waals surface area contributed by atoms with Crippen molar-refractivity contribution in [3.05, 3.63) is 0 Å². The van der Waals surface area contributed by atoms with E-state index in [0.29, 0.717) is 24.7 Å². The van der Waals surface area contributed by atoms with Crippen LogP contribution in [0.3, 0.4) is 0 Å². The topological polar surface area (TPSA) is 69.9 Å². The maximum Gasteiger partial charge on any atom is 0.117 e. The van der Waals surface area contributed by atoms with Crippen molar-refractivity contribution in [2.24, 2.45) is 34.5 Å². The molecular weight excluding hydrogens is 397 g/mol. The number of hydrogen-bond donors (Lipinski definition) is 3. The predicted molar refractivity (Wildman–Crippen MR) is 130 cm³/mol. The Morgan fingerprint density at radius 3 is 2.38 bits per heavy atom. The van der Waals surface area contributed by atoms with Crippen molar-refractivity contribution in [3.8, 4) is 0 Å². The lowest BCUT2D eigenvalue weighted by Gasteiger charge is -2.70. The van der Waals surface area contributed by atoms with E-state index in [0.717, 1.165) is 38.5 Å². The van der Waals surface area contributed by atoms with Gasteiger partial charge in [-0.3, -0.25) is 0 Å². The second-order valence-electron chi connectivity index (χ2n) is 12.4. The second-order valence-corrected chi connectivity index (χ2v) is 12.4. The quantitative estimate of drug-likeness (QED) is 0.577. The summed E-state index contributed by atoms with van der Waals surface area (Å²) in [6.07, 6.45) is 6.53. The molecule has 0 aliphatic heterocycles. The van der Waals surface area contributed by atoms with Gasteiger partial charge in [0.05, 0.1) is 27.7 Å². The molecule has 4 saturated carbocycles. The fourth-order valence-corrected chi connectivity index (χ4v) is 9.77. The molecule has 4 aliphatic carbocycles. The Kier molecular flexibility index (Phi) is 6.31. The summed E-state index contributed by atoms with van der Waals surface area (Å²) in [6.45, 7) is 8.23. The van der Waals surface area contributed by atoms with Crippen molar-refractivity contribution in [1.29, 1.82) is 0 Å². The number of fused-ring (bicyclic) bond motifs is 5. The van der Waals surface area contributed by atoms with E-state index >= 15 is 0 Å². The minimum atomic E-state index is -1.19. The van der Waals surface area contributed by atoms with Gasteiger partial charge >= 0.3 is 0 Å². The number of methoxy groups -OCH3 is 1. The van der Waals surface area contributed by atoms with Gasteiger partial charge in [-0.1, -0.05) is 51.2 Å². The highest BCUT2D eigenvalue weighted by atomic mass is 16.5. The highest BCUT2D eigenvalue weighted by molar-refractivity contribution is 6.91. The molecule has 11 atom stereocenters. The van der Waals surface area contributed by atoms with Crippen molar-refractivity contribution < 1.29 is 20.1 Å². The summed E-state index contributed by atoms with van der Waals surface area (Å²) in [5.41, 5.74) is -2.92. The molecule has 0 bridgehead atoms. The van der Waals surface area contributed by atoms with E-state index in [1.165, 1.54) is 0 Å². The average Bonchev–Trinajstić information content (AvgIpc) is 3.04. The average molecular weight is 439 g/mol. The molecule has 32 heavy (non-hydrogen) atoms. The van der Waals surface area contributed by atoms with Crippen molar-refractivity contribution in [2.45, 2.75) is 107 Å². The lowest BCUT2D eigenvalue weighted by molar-refractivity contribution is -0.256. The van der Waals surface area contributed by atoms with Gasteiger partial charge in [-0.15, -0.1) is 0 Å². The van der Waals surface area contributed by atoms with Crippen LogP contribution in [0.4, 0.5) is 0 Å². The maximum atomic E-state index is 12.0. The first kappa shape index (κ1) is 25.1. The lowest BCUT2D eigenvalue weighted by Crippen LogP contribution is -2.68. The second kappa shape index (κ2) is 8.03. The van der Waals surface area contributed by atoms with E-state index in [1.807, 2.05) is 7.17 Å². The number of aliphatic hydroxyl groups excluding tert-OH is 2. The van der Waals surface area contributed by atoms with Gasteiger partial charge in [0.25, 0.3) is 0 Å². The summed E-state index contributed by atoms with van der Waals surface area (Å²) in [5, 5.41) is 33.7. The van der Waals surface area contributed by atoms with Crippen molar-refractivity contribution >= 4 is 22.8 Å². The van der Waals surface area contributed by atoms with Crippen molar-refractivity contribution in [1.82, 2.24) is 0 Å². The van der Waals surface area contributed by atoms with Gasteiger partial charge in [0.2, 0.25) is 0 Å². The Morgan fingerprint density at radius 1 is 1.12 bits per heavy atom. The van der Waals surface area contributed by atoms with Crippen LogP contribution in [-0.4, -0.2) is 69.1 Å². The smallest absolute Gasteiger partial charge is 0.117 e.